The summed E-state index contributed by atoms with van der Waals surface area (Å²) in [7, 11) is 0. The summed E-state index contributed by atoms with van der Waals surface area (Å²) in [4.78, 5) is 43.0. The van der Waals surface area contributed by atoms with Gasteiger partial charge in [-0.2, -0.15) is 0 Å². The molecule has 3 aliphatic rings. The minimum Gasteiger partial charge on any atom is -0.480 e. The zero-order valence-electron chi connectivity index (χ0n) is 15.6. The lowest BCUT2D eigenvalue weighted by Crippen LogP contribution is -2.57. The van der Waals surface area contributed by atoms with Crippen LogP contribution in [-0.4, -0.2) is 119 Å². The zero-order valence-corrected chi connectivity index (χ0v) is 15.6. The molecule has 0 aliphatic carbocycles. The number of amides is 1. The standard InChI is InChI=1S/C17H30N4O5/c1-3-14(17(25)26)20-6-4-18-5-7-21(15(22)12-18)11-9-19(8-10-20)13(2)16(23)24/h13-14H,3-12H2,1-2H3,(H,23,24)(H,25,26). The molecule has 2 bridgehead atoms. The molecule has 3 atom stereocenters. The lowest BCUT2D eigenvalue weighted by molar-refractivity contribution is -0.146. The van der Waals surface area contributed by atoms with Crippen molar-refractivity contribution in [3.8, 4) is 0 Å². The van der Waals surface area contributed by atoms with Gasteiger partial charge in [0, 0.05) is 52.4 Å². The summed E-state index contributed by atoms with van der Waals surface area (Å²) in [6, 6.07) is -1.28. The van der Waals surface area contributed by atoms with Gasteiger partial charge in [-0.1, -0.05) is 6.92 Å². The molecule has 3 heterocycles. The molecule has 3 saturated heterocycles. The summed E-state index contributed by atoms with van der Waals surface area (Å²) >= 11 is 0. The van der Waals surface area contributed by atoms with Crippen LogP contribution < -0.4 is 0 Å². The third kappa shape index (κ3) is 5.15. The van der Waals surface area contributed by atoms with Crippen LogP contribution in [0.5, 0.6) is 0 Å². The summed E-state index contributed by atoms with van der Waals surface area (Å²) in [5, 5.41) is 18.9. The van der Waals surface area contributed by atoms with E-state index >= 15 is 0 Å². The Balaban J connectivity index is 2.19. The molecule has 0 saturated carbocycles. The average Bonchev–Trinajstić information content (AvgIpc) is 2.58. The van der Waals surface area contributed by atoms with Gasteiger partial charge < -0.3 is 15.1 Å². The van der Waals surface area contributed by atoms with Crippen molar-refractivity contribution in [1.82, 2.24) is 19.6 Å². The van der Waals surface area contributed by atoms with Gasteiger partial charge in [0.2, 0.25) is 5.91 Å². The van der Waals surface area contributed by atoms with Crippen LogP contribution in [-0.2, 0) is 14.4 Å². The molecule has 0 aromatic carbocycles. The first-order valence-electron chi connectivity index (χ1n) is 9.27. The lowest BCUT2D eigenvalue weighted by Gasteiger charge is -2.39. The molecule has 148 valence electrons. The van der Waals surface area contributed by atoms with Crippen molar-refractivity contribution < 1.29 is 24.6 Å². The fourth-order valence-electron chi connectivity index (χ4n) is 3.63. The third-order valence-corrected chi connectivity index (χ3v) is 5.45. The number of hydrogen-bond acceptors (Lipinski definition) is 6. The van der Waals surface area contributed by atoms with E-state index in [2.05, 4.69) is 4.90 Å². The number of hydrogen-bond donors (Lipinski definition) is 2. The first kappa shape index (κ1) is 20.6. The molecule has 3 fully saturated rings. The number of aliphatic carboxylic acids is 2. The highest BCUT2D eigenvalue weighted by molar-refractivity contribution is 5.79. The quantitative estimate of drug-likeness (QED) is 0.641. The van der Waals surface area contributed by atoms with Crippen LogP contribution >= 0.6 is 0 Å². The summed E-state index contributed by atoms with van der Waals surface area (Å²) in [6.45, 7) is 8.31. The van der Waals surface area contributed by atoms with E-state index in [1.807, 2.05) is 16.7 Å². The van der Waals surface area contributed by atoms with Gasteiger partial charge in [0.25, 0.3) is 0 Å². The minimum atomic E-state index is -0.912. The Kier molecular flexibility index (Phi) is 7.36. The Labute approximate surface area is 154 Å². The van der Waals surface area contributed by atoms with Gasteiger partial charge in [0.1, 0.15) is 12.1 Å². The Hall–Kier alpha value is -1.71. The lowest BCUT2D eigenvalue weighted by atomic mass is 10.1. The van der Waals surface area contributed by atoms with E-state index < -0.39 is 24.0 Å². The van der Waals surface area contributed by atoms with Crippen molar-refractivity contribution >= 4 is 17.8 Å². The van der Waals surface area contributed by atoms with Gasteiger partial charge in [-0.3, -0.25) is 29.1 Å². The Bertz CT molecular complexity index is 529. The highest BCUT2D eigenvalue weighted by atomic mass is 16.4. The summed E-state index contributed by atoms with van der Waals surface area (Å²) in [5.41, 5.74) is 0. The molecule has 26 heavy (non-hydrogen) atoms. The molecule has 0 aromatic rings. The van der Waals surface area contributed by atoms with Crippen molar-refractivity contribution in [2.45, 2.75) is 32.4 Å². The van der Waals surface area contributed by atoms with Crippen LogP contribution in [0, 0.1) is 0 Å². The molecule has 9 heteroatoms. The monoisotopic (exact) mass is 370 g/mol. The Morgan fingerprint density at radius 1 is 0.923 bits per heavy atom. The van der Waals surface area contributed by atoms with Crippen molar-refractivity contribution in [1.29, 1.82) is 0 Å². The van der Waals surface area contributed by atoms with Gasteiger partial charge >= 0.3 is 11.9 Å². The second-order valence-corrected chi connectivity index (χ2v) is 7.01. The Morgan fingerprint density at radius 2 is 1.46 bits per heavy atom. The number of rotatable bonds is 5. The van der Waals surface area contributed by atoms with Crippen molar-refractivity contribution in [2.75, 3.05) is 58.9 Å². The van der Waals surface area contributed by atoms with Crippen molar-refractivity contribution in [3.63, 3.8) is 0 Å². The van der Waals surface area contributed by atoms with E-state index in [1.54, 1.807) is 11.8 Å². The summed E-state index contributed by atoms with van der Waals surface area (Å²) in [5.74, 6) is -1.72. The van der Waals surface area contributed by atoms with Gasteiger partial charge in [-0.05, 0) is 13.3 Å². The number of carbonyl (C=O) groups is 3. The molecule has 9 nitrogen and oxygen atoms in total. The number of carboxylic acid groups (broad SMARTS) is 2. The fourth-order valence-corrected chi connectivity index (χ4v) is 3.63. The second kappa shape index (κ2) is 9.29. The predicted molar refractivity (Wildman–Crippen MR) is 95.0 cm³/mol. The van der Waals surface area contributed by atoms with Gasteiger partial charge in [0.05, 0.1) is 6.54 Å². The van der Waals surface area contributed by atoms with E-state index in [0.29, 0.717) is 58.8 Å². The average molecular weight is 370 g/mol. The van der Waals surface area contributed by atoms with E-state index in [9.17, 15) is 24.6 Å². The van der Waals surface area contributed by atoms with Crippen LogP contribution in [0.25, 0.3) is 0 Å². The largest absolute Gasteiger partial charge is 0.480 e. The van der Waals surface area contributed by atoms with Gasteiger partial charge in [-0.25, -0.2) is 0 Å². The van der Waals surface area contributed by atoms with Crippen LogP contribution in [0.2, 0.25) is 0 Å². The number of fused-ring (bicyclic) bond motifs is 9. The topological polar surface area (TPSA) is 105 Å². The highest BCUT2D eigenvalue weighted by Crippen LogP contribution is 2.11. The molecule has 3 unspecified atom stereocenters. The van der Waals surface area contributed by atoms with Gasteiger partial charge in [-0.15, -0.1) is 0 Å². The predicted octanol–water partition coefficient (Wildman–Crippen LogP) is -0.915. The van der Waals surface area contributed by atoms with E-state index in [4.69, 9.17) is 0 Å². The van der Waals surface area contributed by atoms with Crippen molar-refractivity contribution in [3.05, 3.63) is 0 Å². The second-order valence-electron chi connectivity index (χ2n) is 7.01. The first-order valence-corrected chi connectivity index (χ1v) is 9.27. The molecule has 0 spiro atoms. The number of carbonyl (C=O) groups excluding carboxylic acids is 1. The van der Waals surface area contributed by atoms with E-state index in [-0.39, 0.29) is 5.91 Å². The normalized spacial score (nSPS) is 26.0. The number of piperazine rings is 1. The minimum absolute atomic E-state index is 0.0524. The maximum atomic E-state index is 12.3. The van der Waals surface area contributed by atoms with Crippen LogP contribution in [0.3, 0.4) is 0 Å². The number of nitrogens with zero attached hydrogens (tertiary/aromatic N) is 4. The maximum Gasteiger partial charge on any atom is 0.320 e. The van der Waals surface area contributed by atoms with Gasteiger partial charge in [0.15, 0.2) is 0 Å². The first-order chi connectivity index (χ1) is 12.3. The molecule has 3 rings (SSSR count). The van der Waals surface area contributed by atoms with E-state index in [0.717, 1.165) is 6.54 Å². The van der Waals surface area contributed by atoms with Crippen LogP contribution in [0.4, 0.5) is 0 Å². The highest BCUT2D eigenvalue weighted by Gasteiger charge is 2.30. The van der Waals surface area contributed by atoms with Crippen LogP contribution in [0.1, 0.15) is 20.3 Å². The SMILES string of the molecule is CCC(C(=O)O)N1CCN2CCN(CCN(C(C)C(=O)O)CC1)C(=O)C2. The molecule has 1 amide bonds. The Morgan fingerprint density at radius 3 is 2.04 bits per heavy atom. The van der Waals surface area contributed by atoms with Crippen molar-refractivity contribution in [2.24, 2.45) is 0 Å². The summed E-state index contributed by atoms with van der Waals surface area (Å²) in [6.07, 6.45) is 0.483. The molecule has 0 radical (unpaired) electrons. The molecule has 2 N–H and O–H groups in total. The van der Waals surface area contributed by atoms with E-state index in [1.165, 1.54) is 0 Å². The molecular formula is C17H30N4O5. The number of carboxylic acids is 2. The summed E-state index contributed by atoms with van der Waals surface area (Å²) < 4.78 is 0. The smallest absolute Gasteiger partial charge is 0.320 e. The molecule has 3 aliphatic heterocycles. The maximum absolute atomic E-state index is 12.3. The molecule has 0 aromatic heterocycles. The van der Waals surface area contributed by atoms with Crippen LogP contribution in [0.15, 0.2) is 0 Å². The fraction of sp³-hybridized carbons (Fsp3) is 0.824. The molecular weight excluding hydrogens is 340 g/mol. The third-order valence-electron chi connectivity index (χ3n) is 5.45. The zero-order chi connectivity index (χ0) is 19.3.